The number of aliphatic carboxylic acids is 1. The van der Waals surface area contributed by atoms with Gasteiger partial charge < -0.3 is 25.6 Å². The number of nitrogens with one attached hydrogen (secondary N) is 2. The fourth-order valence-corrected chi connectivity index (χ4v) is 6.72. The van der Waals surface area contributed by atoms with E-state index < -0.39 is 24.5 Å². The minimum absolute atomic E-state index is 0.0742. The van der Waals surface area contributed by atoms with Crippen molar-refractivity contribution in [2.75, 3.05) is 13.2 Å². The van der Waals surface area contributed by atoms with Crippen LogP contribution >= 0.6 is 0 Å². The minimum atomic E-state index is -1.39. The van der Waals surface area contributed by atoms with E-state index in [9.17, 15) is 19.2 Å². The predicted molar refractivity (Wildman–Crippen MR) is 213 cm³/mol. The number of carbonyl (C=O) groups excluding carboxylic acids is 3. The number of ether oxygens (including phenoxy) is 1. The Labute approximate surface area is 319 Å². The molecule has 0 aliphatic rings. The summed E-state index contributed by atoms with van der Waals surface area (Å²) in [5.41, 5.74) is 0. The molecule has 0 aromatic heterocycles. The topological polar surface area (TPSA) is 142 Å². The van der Waals surface area contributed by atoms with Crippen molar-refractivity contribution in [1.29, 1.82) is 0 Å². The van der Waals surface area contributed by atoms with Crippen LogP contribution in [0.5, 0.6) is 0 Å². The quantitative estimate of drug-likeness (QED) is 0.0362. The van der Waals surface area contributed by atoms with Crippen LogP contribution in [-0.4, -0.2) is 59.3 Å². The van der Waals surface area contributed by atoms with Gasteiger partial charge in [-0.05, 0) is 38.5 Å². The summed E-state index contributed by atoms with van der Waals surface area (Å²) in [6.45, 7) is 3.39. The fourth-order valence-electron chi connectivity index (χ4n) is 6.72. The van der Waals surface area contributed by atoms with Gasteiger partial charge in [0.05, 0.1) is 13.2 Å². The van der Waals surface area contributed by atoms with Crippen molar-refractivity contribution in [3.05, 3.63) is 0 Å². The first-order valence-corrected chi connectivity index (χ1v) is 21.9. The summed E-state index contributed by atoms with van der Waals surface area (Å²) in [6, 6.07) is -1.39. The van der Waals surface area contributed by atoms with Crippen molar-refractivity contribution < 1.29 is 34.1 Å². The molecule has 2 unspecified atom stereocenters. The van der Waals surface area contributed by atoms with Gasteiger partial charge >= 0.3 is 11.9 Å². The first kappa shape index (κ1) is 49.8. The SMILES string of the molecule is CCCCCCCCCCCCCCCCCCCCCCCCCC(=O)OC(CCCCC)CCCCCC(=O)NCC(=O)NC(CO)C(=O)O. The molecule has 4 N–H and O–H groups in total. The molecule has 2 atom stereocenters. The summed E-state index contributed by atoms with van der Waals surface area (Å²) in [4.78, 5) is 47.3. The van der Waals surface area contributed by atoms with E-state index in [-0.39, 0.29) is 30.9 Å². The highest BCUT2D eigenvalue weighted by molar-refractivity contribution is 5.87. The van der Waals surface area contributed by atoms with Crippen LogP contribution in [0.25, 0.3) is 0 Å². The van der Waals surface area contributed by atoms with Gasteiger partial charge in [0.2, 0.25) is 11.8 Å². The van der Waals surface area contributed by atoms with Gasteiger partial charge in [-0.3, -0.25) is 14.4 Å². The molecule has 0 aliphatic carbocycles. The molecule has 0 saturated heterocycles. The van der Waals surface area contributed by atoms with Gasteiger partial charge in [0.15, 0.2) is 0 Å². The molecule has 0 heterocycles. The number of carboxylic acid groups (broad SMARTS) is 1. The maximum Gasteiger partial charge on any atom is 0.328 e. The zero-order valence-corrected chi connectivity index (χ0v) is 33.8. The Balaban J connectivity index is 3.76. The molecular formula is C43H82N2O7. The zero-order chi connectivity index (χ0) is 38.3. The zero-order valence-electron chi connectivity index (χ0n) is 33.8. The Kier molecular flexibility index (Phi) is 37.0. The Morgan fingerprint density at radius 2 is 0.865 bits per heavy atom. The molecule has 0 aliphatic heterocycles. The molecule has 0 saturated carbocycles. The predicted octanol–water partition coefficient (Wildman–Crippen LogP) is 10.5. The number of hydrogen-bond acceptors (Lipinski definition) is 6. The second-order valence-corrected chi connectivity index (χ2v) is 15.2. The molecular weight excluding hydrogens is 656 g/mol. The highest BCUT2D eigenvalue weighted by Gasteiger charge is 2.19. The fraction of sp³-hybridized carbons (Fsp3) is 0.907. The highest BCUT2D eigenvalue weighted by atomic mass is 16.5. The standard InChI is InChI=1S/C43H82N2O7/c1-3-5-7-8-9-10-11-12-13-14-15-16-17-18-19-20-21-22-23-24-25-26-31-35-42(49)52-38(32-28-6-4-2)33-29-27-30-34-40(47)44-36-41(48)45-39(37-46)43(50)51/h38-39,46H,3-37H2,1-2H3,(H,44,47)(H,45,48)(H,50,51). The summed E-state index contributed by atoms with van der Waals surface area (Å²) in [5.74, 6) is -2.37. The summed E-state index contributed by atoms with van der Waals surface area (Å²) >= 11 is 0. The van der Waals surface area contributed by atoms with E-state index in [0.29, 0.717) is 12.8 Å². The third kappa shape index (κ3) is 34.9. The molecule has 0 aromatic carbocycles. The summed E-state index contributed by atoms with van der Waals surface area (Å²) in [6.07, 6.45) is 39.1. The molecule has 0 aromatic rings. The number of hydrogen-bond donors (Lipinski definition) is 4. The van der Waals surface area contributed by atoms with E-state index in [1.165, 1.54) is 135 Å². The second kappa shape index (κ2) is 38.6. The number of aliphatic hydroxyl groups excluding tert-OH is 1. The average Bonchev–Trinajstić information content (AvgIpc) is 3.12. The number of unbranched alkanes of at least 4 members (excludes halogenated alkanes) is 26. The summed E-state index contributed by atoms with van der Waals surface area (Å²) in [5, 5.41) is 22.5. The van der Waals surface area contributed by atoms with E-state index in [4.69, 9.17) is 14.9 Å². The van der Waals surface area contributed by atoms with Crippen molar-refractivity contribution in [2.24, 2.45) is 0 Å². The van der Waals surface area contributed by atoms with Gasteiger partial charge in [-0.2, -0.15) is 0 Å². The van der Waals surface area contributed by atoms with Gasteiger partial charge in [0.1, 0.15) is 12.1 Å². The summed E-state index contributed by atoms with van der Waals surface area (Å²) in [7, 11) is 0. The van der Waals surface area contributed by atoms with Crippen LogP contribution in [0.4, 0.5) is 0 Å². The monoisotopic (exact) mass is 739 g/mol. The van der Waals surface area contributed by atoms with E-state index in [1.54, 1.807) is 0 Å². The molecule has 2 amide bonds. The highest BCUT2D eigenvalue weighted by Crippen LogP contribution is 2.18. The molecule has 9 nitrogen and oxygen atoms in total. The Hall–Kier alpha value is -2.16. The minimum Gasteiger partial charge on any atom is -0.480 e. The molecule has 0 spiro atoms. The van der Waals surface area contributed by atoms with E-state index in [1.807, 2.05) is 0 Å². The molecule has 306 valence electrons. The maximum absolute atomic E-state index is 12.6. The third-order valence-electron chi connectivity index (χ3n) is 10.1. The van der Waals surface area contributed by atoms with Crippen LogP contribution in [0.3, 0.4) is 0 Å². The number of esters is 1. The lowest BCUT2D eigenvalue weighted by Crippen LogP contribution is -2.47. The van der Waals surface area contributed by atoms with Crippen LogP contribution in [0.15, 0.2) is 0 Å². The van der Waals surface area contributed by atoms with E-state index >= 15 is 0 Å². The number of carboxylic acids is 1. The van der Waals surface area contributed by atoms with Crippen LogP contribution in [0.1, 0.15) is 226 Å². The smallest absolute Gasteiger partial charge is 0.328 e. The van der Waals surface area contributed by atoms with Gasteiger partial charge in [0, 0.05) is 12.8 Å². The lowest BCUT2D eigenvalue weighted by atomic mass is 10.0. The molecule has 0 fully saturated rings. The summed E-state index contributed by atoms with van der Waals surface area (Å²) < 4.78 is 5.87. The van der Waals surface area contributed by atoms with Gasteiger partial charge in [-0.15, -0.1) is 0 Å². The van der Waals surface area contributed by atoms with Gasteiger partial charge in [-0.1, -0.05) is 174 Å². The van der Waals surface area contributed by atoms with Crippen LogP contribution < -0.4 is 10.6 Å². The average molecular weight is 739 g/mol. The van der Waals surface area contributed by atoms with Crippen molar-refractivity contribution in [2.45, 2.75) is 238 Å². The first-order chi connectivity index (χ1) is 25.3. The Morgan fingerprint density at radius 1 is 0.500 bits per heavy atom. The first-order valence-electron chi connectivity index (χ1n) is 21.9. The molecule has 0 radical (unpaired) electrons. The van der Waals surface area contributed by atoms with Crippen molar-refractivity contribution in [3.8, 4) is 0 Å². The molecule has 52 heavy (non-hydrogen) atoms. The number of carbonyl (C=O) groups is 4. The van der Waals surface area contributed by atoms with Crippen molar-refractivity contribution in [3.63, 3.8) is 0 Å². The normalized spacial score (nSPS) is 12.4. The van der Waals surface area contributed by atoms with Crippen LogP contribution in [0, 0.1) is 0 Å². The van der Waals surface area contributed by atoms with E-state index in [2.05, 4.69) is 24.5 Å². The number of rotatable bonds is 40. The van der Waals surface area contributed by atoms with Crippen LogP contribution in [-0.2, 0) is 23.9 Å². The number of aliphatic hydroxyl groups is 1. The van der Waals surface area contributed by atoms with Gasteiger partial charge in [0.25, 0.3) is 0 Å². The molecule has 0 bridgehead atoms. The molecule has 9 heteroatoms. The van der Waals surface area contributed by atoms with Crippen molar-refractivity contribution >= 4 is 23.8 Å². The Bertz CT molecular complexity index is 853. The third-order valence-corrected chi connectivity index (χ3v) is 10.1. The van der Waals surface area contributed by atoms with Crippen LogP contribution in [0.2, 0.25) is 0 Å². The lowest BCUT2D eigenvalue weighted by Gasteiger charge is -2.18. The van der Waals surface area contributed by atoms with Gasteiger partial charge in [-0.25, -0.2) is 4.79 Å². The van der Waals surface area contributed by atoms with Crippen molar-refractivity contribution in [1.82, 2.24) is 10.6 Å². The lowest BCUT2D eigenvalue weighted by molar-refractivity contribution is -0.150. The Morgan fingerprint density at radius 3 is 1.29 bits per heavy atom. The number of amides is 2. The second-order valence-electron chi connectivity index (χ2n) is 15.2. The molecule has 0 rings (SSSR count). The largest absolute Gasteiger partial charge is 0.480 e. The van der Waals surface area contributed by atoms with E-state index in [0.717, 1.165) is 57.8 Å². The maximum atomic E-state index is 12.6.